The largest absolute Gasteiger partial charge is 0.396 e. The van der Waals surface area contributed by atoms with Gasteiger partial charge in [-0.25, -0.2) is 4.98 Å². The van der Waals surface area contributed by atoms with Crippen LogP contribution in [0.1, 0.15) is 134 Å². The van der Waals surface area contributed by atoms with Crippen molar-refractivity contribution in [3.8, 4) is 11.3 Å². The zero-order chi connectivity index (χ0) is 25.5. The molecule has 1 aromatic heterocycles. The fourth-order valence-electron chi connectivity index (χ4n) is 5.54. The predicted octanol–water partition coefficient (Wildman–Crippen LogP) is 8.73. The van der Waals surface area contributed by atoms with Crippen molar-refractivity contribution < 1.29 is 9.90 Å². The van der Waals surface area contributed by atoms with Gasteiger partial charge >= 0.3 is 0 Å². The predicted molar refractivity (Wildman–Crippen MR) is 150 cm³/mol. The number of aliphatic hydroxyl groups is 1. The van der Waals surface area contributed by atoms with Gasteiger partial charge in [-0.3, -0.25) is 4.79 Å². The Morgan fingerprint density at radius 2 is 1.66 bits per heavy atom. The molecule has 0 saturated carbocycles. The number of carbonyl (C=O) groups is 1. The van der Waals surface area contributed by atoms with Crippen LogP contribution in [0.3, 0.4) is 0 Å². The normalized spacial score (nSPS) is 17.2. The monoisotopic (exact) mass is 497 g/mol. The molecule has 0 bridgehead atoms. The molecule has 35 heavy (non-hydrogen) atoms. The molecule has 0 saturated heterocycles. The zero-order valence-electron chi connectivity index (χ0n) is 22.8. The summed E-state index contributed by atoms with van der Waals surface area (Å²) in [5.74, 6) is 0.872. The lowest BCUT2D eigenvalue weighted by Gasteiger charge is -2.42. The van der Waals surface area contributed by atoms with E-state index >= 15 is 0 Å². The second-order valence-corrected chi connectivity index (χ2v) is 12.8. The summed E-state index contributed by atoms with van der Waals surface area (Å²) in [6.45, 7) is 12.0. The average molecular weight is 498 g/mol. The Labute approximate surface area is 217 Å². The number of hydrogen-bond donors (Lipinski definition) is 1. The highest BCUT2D eigenvalue weighted by Crippen LogP contribution is 2.47. The first-order valence-electron chi connectivity index (χ1n) is 13.9. The molecule has 1 heterocycles. The van der Waals surface area contributed by atoms with E-state index in [9.17, 15) is 4.79 Å². The van der Waals surface area contributed by atoms with Crippen LogP contribution in [0.25, 0.3) is 11.3 Å². The summed E-state index contributed by atoms with van der Waals surface area (Å²) >= 11 is 1.81. The topological polar surface area (TPSA) is 50.2 Å². The summed E-state index contributed by atoms with van der Waals surface area (Å²) < 4.78 is 0. The van der Waals surface area contributed by atoms with E-state index in [4.69, 9.17) is 10.1 Å². The number of ketones is 1. The van der Waals surface area contributed by atoms with E-state index in [-0.39, 0.29) is 17.4 Å². The first-order chi connectivity index (χ1) is 16.7. The summed E-state index contributed by atoms with van der Waals surface area (Å²) in [6, 6.07) is 7.05. The van der Waals surface area contributed by atoms with Crippen LogP contribution in [0.5, 0.6) is 0 Å². The van der Waals surface area contributed by atoms with Crippen molar-refractivity contribution in [1.82, 2.24) is 4.98 Å². The number of fused-ring (bicyclic) bond motifs is 1. The van der Waals surface area contributed by atoms with E-state index in [1.807, 2.05) is 11.3 Å². The number of nitrogens with zero attached hydrogens (tertiary/aromatic N) is 1. The summed E-state index contributed by atoms with van der Waals surface area (Å²) in [6.07, 6.45) is 12.0. The molecule has 1 aromatic carbocycles. The first-order valence-corrected chi connectivity index (χ1v) is 14.8. The molecular weight excluding hydrogens is 450 g/mol. The summed E-state index contributed by atoms with van der Waals surface area (Å²) in [7, 11) is 0. The van der Waals surface area contributed by atoms with Crippen LogP contribution in [0.4, 0.5) is 0 Å². The van der Waals surface area contributed by atoms with Gasteiger partial charge in [0.1, 0.15) is 5.78 Å². The van der Waals surface area contributed by atoms with Crippen molar-refractivity contribution >= 4 is 17.1 Å². The molecule has 1 aliphatic carbocycles. The van der Waals surface area contributed by atoms with E-state index in [1.165, 1.54) is 34.5 Å². The smallest absolute Gasteiger partial charge is 0.132 e. The molecule has 1 unspecified atom stereocenters. The molecule has 0 fully saturated rings. The first kappa shape index (κ1) is 28.1. The van der Waals surface area contributed by atoms with Gasteiger partial charge in [0.2, 0.25) is 0 Å². The van der Waals surface area contributed by atoms with Crippen LogP contribution in [0, 0.1) is 0 Å². The van der Waals surface area contributed by atoms with Gasteiger partial charge in [0.25, 0.3) is 0 Å². The lowest BCUT2D eigenvalue weighted by molar-refractivity contribution is -0.119. The molecule has 0 spiro atoms. The fraction of sp³-hybridized carbons (Fsp3) is 0.677. The van der Waals surface area contributed by atoms with Crippen molar-refractivity contribution in [2.24, 2.45) is 0 Å². The van der Waals surface area contributed by atoms with Crippen molar-refractivity contribution in [2.45, 2.75) is 128 Å². The molecule has 194 valence electrons. The van der Waals surface area contributed by atoms with Gasteiger partial charge in [-0.15, -0.1) is 11.3 Å². The highest BCUT2D eigenvalue weighted by atomic mass is 32.1. The number of Topliss-reactive ketones (excluding diaryl/α,β-unsaturated/α-hetero) is 1. The quantitative estimate of drug-likeness (QED) is 0.265. The molecule has 2 aromatic rings. The zero-order valence-corrected chi connectivity index (χ0v) is 23.6. The number of hydrogen-bond acceptors (Lipinski definition) is 4. The third kappa shape index (κ3) is 7.49. The van der Waals surface area contributed by atoms with Crippen LogP contribution in [0.15, 0.2) is 23.6 Å². The molecule has 3 rings (SSSR count). The second kappa shape index (κ2) is 12.6. The van der Waals surface area contributed by atoms with Crippen molar-refractivity contribution in [3.05, 3.63) is 39.7 Å². The average Bonchev–Trinajstić information content (AvgIpc) is 3.32. The SMILES string of the molecule is CCCC(CCCCC(=O)CCCCCO)c1nc(-c2ccc3c(c2)C(C)(C)CCC3(C)C)cs1. The number of aromatic nitrogens is 1. The van der Waals surface area contributed by atoms with Gasteiger partial charge in [0.15, 0.2) is 0 Å². The molecule has 0 aliphatic heterocycles. The van der Waals surface area contributed by atoms with Crippen LogP contribution >= 0.6 is 11.3 Å². The Kier molecular flexibility index (Phi) is 10.1. The molecular formula is C31H47NO2S. The maximum Gasteiger partial charge on any atom is 0.132 e. The summed E-state index contributed by atoms with van der Waals surface area (Å²) in [5.41, 5.74) is 5.81. The Balaban J connectivity index is 1.62. The van der Waals surface area contributed by atoms with Crippen LogP contribution in [-0.4, -0.2) is 22.5 Å². The molecule has 1 atom stereocenters. The summed E-state index contributed by atoms with van der Waals surface area (Å²) in [4.78, 5) is 17.3. The van der Waals surface area contributed by atoms with Crippen LogP contribution < -0.4 is 0 Å². The number of carbonyl (C=O) groups excluding carboxylic acids is 1. The lowest BCUT2D eigenvalue weighted by Crippen LogP contribution is -2.33. The maximum atomic E-state index is 12.1. The second-order valence-electron chi connectivity index (χ2n) is 11.9. The van der Waals surface area contributed by atoms with Crippen molar-refractivity contribution in [2.75, 3.05) is 6.61 Å². The Morgan fingerprint density at radius 1 is 0.971 bits per heavy atom. The van der Waals surface area contributed by atoms with Crippen LogP contribution in [-0.2, 0) is 15.6 Å². The van der Waals surface area contributed by atoms with E-state index in [2.05, 4.69) is 58.2 Å². The molecule has 0 radical (unpaired) electrons. The van der Waals surface area contributed by atoms with E-state index < -0.39 is 0 Å². The Morgan fingerprint density at radius 3 is 2.34 bits per heavy atom. The van der Waals surface area contributed by atoms with Gasteiger partial charge < -0.3 is 5.11 Å². The number of rotatable bonds is 14. The third-order valence-electron chi connectivity index (χ3n) is 8.03. The third-order valence-corrected chi connectivity index (χ3v) is 9.04. The lowest BCUT2D eigenvalue weighted by atomic mass is 9.63. The van der Waals surface area contributed by atoms with E-state index in [1.54, 1.807) is 0 Å². The van der Waals surface area contributed by atoms with Crippen molar-refractivity contribution in [3.63, 3.8) is 0 Å². The molecule has 1 aliphatic rings. The molecule has 0 amide bonds. The maximum absolute atomic E-state index is 12.1. The molecule has 4 heteroatoms. The number of benzene rings is 1. The number of aliphatic hydroxyl groups excluding tert-OH is 1. The van der Waals surface area contributed by atoms with E-state index in [0.717, 1.165) is 57.1 Å². The minimum absolute atomic E-state index is 0.209. The number of thiazole rings is 1. The van der Waals surface area contributed by atoms with Gasteiger partial charge in [-0.05, 0) is 73.0 Å². The van der Waals surface area contributed by atoms with Gasteiger partial charge in [0.05, 0.1) is 10.7 Å². The highest BCUT2D eigenvalue weighted by Gasteiger charge is 2.37. The Hall–Kier alpha value is -1.52. The van der Waals surface area contributed by atoms with Gasteiger partial charge in [0, 0.05) is 36.3 Å². The van der Waals surface area contributed by atoms with Gasteiger partial charge in [-0.2, -0.15) is 0 Å². The van der Waals surface area contributed by atoms with Crippen LogP contribution in [0.2, 0.25) is 0 Å². The number of unbranched alkanes of at least 4 members (excludes halogenated alkanes) is 3. The van der Waals surface area contributed by atoms with Crippen molar-refractivity contribution in [1.29, 1.82) is 0 Å². The standard InChI is InChI=1S/C31H47NO2S/c1-6-12-23(13-9-10-15-25(34)14-8-7-11-20-33)29-32-28(22-35-29)24-16-17-26-27(21-24)31(4,5)19-18-30(26,2)3/h16-17,21-23,33H,6-15,18-20H2,1-5H3. The van der Waals surface area contributed by atoms with Gasteiger partial charge in [-0.1, -0.05) is 66.0 Å². The fourth-order valence-corrected chi connectivity index (χ4v) is 6.54. The molecule has 1 N–H and O–H groups in total. The minimum Gasteiger partial charge on any atom is -0.396 e. The summed E-state index contributed by atoms with van der Waals surface area (Å²) in [5, 5.41) is 12.4. The Bertz CT molecular complexity index is 959. The minimum atomic E-state index is 0.209. The van der Waals surface area contributed by atoms with E-state index in [0.29, 0.717) is 24.5 Å². The molecule has 3 nitrogen and oxygen atoms in total. The highest BCUT2D eigenvalue weighted by molar-refractivity contribution is 7.10.